The second-order valence-corrected chi connectivity index (χ2v) is 7.55. The van der Waals surface area contributed by atoms with Crippen LogP contribution in [0.1, 0.15) is 0 Å². The minimum absolute atomic E-state index is 0.0927. The van der Waals surface area contributed by atoms with Gasteiger partial charge in [0, 0.05) is 3.57 Å². The van der Waals surface area contributed by atoms with Crippen molar-refractivity contribution in [2.75, 3.05) is 4.72 Å². The van der Waals surface area contributed by atoms with E-state index < -0.39 is 15.8 Å². The molecule has 2 aromatic carbocycles. The molecule has 1 N–H and O–H groups in total. The molecule has 0 aliphatic carbocycles. The van der Waals surface area contributed by atoms with Crippen LogP contribution in [-0.2, 0) is 10.0 Å². The molecule has 0 heterocycles. The molecule has 0 aliphatic rings. The molecule has 20 heavy (non-hydrogen) atoms. The summed E-state index contributed by atoms with van der Waals surface area (Å²) >= 11 is 13.4. The minimum Gasteiger partial charge on any atom is -0.277 e. The normalized spacial score (nSPS) is 11.4. The average Bonchev–Trinajstić information content (AvgIpc) is 2.36. The Bertz CT molecular complexity index is 768. The Morgan fingerprint density at radius 3 is 2.35 bits per heavy atom. The van der Waals surface area contributed by atoms with Crippen LogP contribution in [0.4, 0.5) is 10.1 Å². The summed E-state index contributed by atoms with van der Waals surface area (Å²) in [5.74, 6) is -0.652. The Labute approximate surface area is 139 Å². The van der Waals surface area contributed by atoms with Crippen molar-refractivity contribution in [2.24, 2.45) is 0 Å². The first-order chi connectivity index (χ1) is 9.29. The third kappa shape index (κ3) is 3.55. The summed E-state index contributed by atoms with van der Waals surface area (Å²) in [5.41, 5.74) is -0.128. The number of nitrogens with one attached hydrogen (secondary N) is 1. The molecule has 0 fully saturated rings. The van der Waals surface area contributed by atoms with Crippen molar-refractivity contribution in [1.82, 2.24) is 0 Å². The maximum atomic E-state index is 13.7. The predicted octanol–water partition coefficient (Wildman–Crippen LogP) is 4.54. The van der Waals surface area contributed by atoms with E-state index in [2.05, 4.69) is 4.72 Å². The first-order valence-electron chi connectivity index (χ1n) is 5.22. The molecular formula is C12H7Cl2FINO2S. The van der Waals surface area contributed by atoms with Crippen molar-refractivity contribution >= 4 is 61.5 Å². The predicted molar refractivity (Wildman–Crippen MR) is 86.4 cm³/mol. The van der Waals surface area contributed by atoms with E-state index in [1.54, 1.807) is 6.07 Å². The van der Waals surface area contributed by atoms with Gasteiger partial charge in [-0.2, -0.15) is 0 Å². The van der Waals surface area contributed by atoms with Crippen LogP contribution in [0, 0.1) is 9.39 Å². The SMILES string of the molecule is O=S(=O)(Nc1ccc(I)cc1F)c1ccc(Cl)c(Cl)c1. The molecule has 0 saturated carbocycles. The zero-order valence-electron chi connectivity index (χ0n) is 9.70. The summed E-state index contributed by atoms with van der Waals surface area (Å²) in [7, 11) is -3.92. The van der Waals surface area contributed by atoms with Gasteiger partial charge in [-0.25, -0.2) is 12.8 Å². The van der Waals surface area contributed by atoms with Gasteiger partial charge in [-0.3, -0.25) is 4.72 Å². The Morgan fingerprint density at radius 1 is 1.05 bits per heavy atom. The van der Waals surface area contributed by atoms with Gasteiger partial charge in [-0.05, 0) is 59.0 Å². The molecular weight excluding hydrogens is 439 g/mol. The molecule has 0 aliphatic heterocycles. The zero-order valence-corrected chi connectivity index (χ0v) is 14.2. The summed E-state index contributed by atoms with van der Waals surface area (Å²) in [6.07, 6.45) is 0. The van der Waals surface area contributed by atoms with E-state index in [1.807, 2.05) is 22.6 Å². The molecule has 2 aromatic rings. The largest absolute Gasteiger partial charge is 0.277 e. The van der Waals surface area contributed by atoms with Gasteiger partial charge in [0.15, 0.2) is 0 Å². The summed E-state index contributed by atoms with van der Waals surface area (Å²) < 4.78 is 40.7. The Kier molecular flexibility index (Phi) is 4.78. The van der Waals surface area contributed by atoms with Gasteiger partial charge in [0.1, 0.15) is 5.82 Å². The lowest BCUT2D eigenvalue weighted by Crippen LogP contribution is -2.14. The molecule has 0 unspecified atom stereocenters. The van der Waals surface area contributed by atoms with Gasteiger partial charge in [0.05, 0.1) is 20.6 Å². The van der Waals surface area contributed by atoms with E-state index in [1.165, 1.54) is 30.3 Å². The summed E-state index contributed by atoms with van der Waals surface area (Å²) in [5, 5.41) is 0.351. The van der Waals surface area contributed by atoms with E-state index >= 15 is 0 Å². The number of hydrogen-bond donors (Lipinski definition) is 1. The Morgan fingerprint density at radius 2 is 1.75 bits per heavy atom. The Balaban J connectivity index is 2.38. The van der Waals surface area contributed by atoms with Crippen molar-refractivity contribution in [3.05, 3.63) is 55.8 Å². The summed E-state index contributed by atoms with van der Waals surface area (Å²) in [4.78, 5) is -0.0927. The standard InChI is InChI=1S/C12H7Cl2FINO2S/c13-9-3-2-8(6-10(9)14)20(18,19)17-12-4-1-7(16)5-11(12)15/h1-6,17H. The van der Waals surface area contributed by atoms with Gasteiger partial charge in [0.2, 0.25) is 0 Å². The van der Waals surface area contributed by atoms with Crippen LogP contribution in [0.25, 0.3) is 0 Å². The minimum atomic E-state index is -3.92. The number of anilines is 1. The zero-order chi connectivity index (χ0) is 14.9. The van der Waals surface area contributed by atoms with Crippen LogP contribution >= 0.6 is 45.8 Å². The fraction of sp³-hybridized carbons (Fsp3) is 0. The third-order valence-electron chi connectivity index (χ3n) is 2.38. The fourth-order valence-corrected chi connectivity index (χ4v) is 3.33. The number of hydrogen-bond acceptors (Lipinski definition) is 2. The molecule has 0 aromatic heterocycles. The molecule has 0 bridgehead atoms. The highest BCUT2D eigenvalue weighted by Gasteiger charge is 2.17. The second-order valence-electron chi connectivity index (χ2n) is 3.81. The Hall–Kier alpha value is -0.570. The summed E-state index contributed by atoms with van der Waals surface area (Å²) in [6.45, 7) is 0. The highest BCUT2D eigenvalue weighted by Crippen LogP contribution is 2.26. The van der Waals surface area contributed by atoms with E-state index in [9.17, 15) is 12.8 Å². The van der Waals surface area contributed by atoms with Crippen LogP contribution in [0.3, 0.4) is 0 Å². The number of sulfonamides is 1. The van der Waals surface area contributed by atoms with Gasteiger partial charge in [-0.15, -0.1) is 0 Å². The highest BCUT2D eigenvalue weighted by atomic mass is 127. The van der Waals surface area contributed by atoms with Crippen molar-refractivity contribution in [3.63, 3.8) is 0 Å². The maximum absolute atomic E-state index is 13.7. The number of halogens is 4. The molecule has 0 atom stereocenters. The molecule has 3 nitrogen and oxygen atoms in total. The molecule has 0 radical (unpaired) electrons. The van der Waals surface area contributed by atoms with E-state index in [4.69, 9.17) is 23.2 Å². The van der Waals surface area contributed by atoms with Gasteiger partial charge >= 0.3 is 0 Å². The van der Waals surface area contributed by atoms with Gasteiger partial charge < -0.3 is 0 Å². The molecule has 106 valence electrons. The smallest absolute Gasteiger partial charge is 0.262 e. The monoisotopic (exact) mass is 445 g/mol. The van der Waals surface area contributed by atoms with Crippen molar-refractivity contribution in [1.29, 1.82) is 0 Å². The molecule has 2 rings (SSSR count). The molecule has 8 heteroatoms. The maximum Gasteiger partial charge on any atom is 0.262 e. The number of benzene rings is 2. The lowest BCUT2D eigenvalue weighted by Gasteiger charge is -2.09. The van der Waals surface area contributed by atoms with E-state index in [0.29, 0.717) is 3.57 Å². The van der Waals surface area contributed by atoms with Crippen LogP contribution < -0.4 is 4.72 Å². The van der Waals surface area contributed by atoms with Gasteiger partial charge in [-0.1, -0.05) is 23.2 Å². The molecule has 0 spiro atoms. The molecule has 0 amide bonds. The van der Waals surface area contributed by atoms with Crippen molar-refractivity contribution < 1.29 is 12.8 Å². The first-order valence-corrected chi connectivity index (χ1v) is 8.54. The second kappa shape index (κ2) is 6.05. The highest BCUT2D eigenvalue weighted by molar-refractivity contribution is 14.1. The number of rotatable bonds is 3. The fourth-order valence-electron chi connectivity index (χ4n) is 1.42. The van der Waals surface area contributed by atoms with E-state index in [0.717, 1.165) is 0 Å². The van der Waals surface area contributed by atoms with Crippen LogP contribution in [0.2, 0.25) is 10.0 Å². The van der Waals surface area contributed by atoms with Crippen LogP contribution in [-0.4, -0.2) is 8.42 Å². The average molecular weight is 446 g/mol. The lowest BCUT2D eigenvalue weighted by atomic mass is 10.3. The molecule has 0 saturated heterocycles. The quantitative estimate of drug-likeness (QED) is 0.705. The third-order valence-corrected chi connectivity index (χ3v) is 5.15. The van der Waals surface area contributed by atoms with Crippen molar-refractivity contribution in [2.45, 2.75) is 4.90 Å². The van der Waals surface area contributed by atoms with Crippen LogP contribution in [0.5, 0.6) is 0 Å². The van der Waals surface area contributed by atoms with E-state index in [-0.39, 0.29) is 20.6 Å². The van der Waals surface area contributed by atoms with Gasteiger partial charge in [0.25, 0.3) is 10.0 Å². The first kappa shape index (κ1) is 15.8. The van der Waals surface area contributed by atoms with Crippen LogP contribution in [0.15, 0.2) is 41.3 Å². The van der Waals surface area contributed by atoms with Crippen molar-refractivity contribution in [3.8, 4) is 0 Å². The topological polar surface area (TPSA) is 46.2 Å². The lowest BCUT2D eigenvalue weighted by molar-refractivity contribution is 0.598. The summed E-state index contributed by atoms with van der Waals surface area (Å²) in [6, 6.07) is 8.04.